The van der Waals surface area contributed by atoms with Crippen LogP contribution in [0.3, 0.4) is 0 Å². The second kappa shape index (κ2) is 4.96. The van der Waals surface area contributed by atoms with Crippen molar-refractivity contribution in [2.45, 2.75) is 25.7 Å². The summed E-state index contributed by atoms with van der Waals surface area (Å²) in [5.41, 5.74) is 1.52. The Hall–Kier alpha value is -0.970. The number of aryl methyl sites for hydroxylation is 1. The lowest BCUT2D eigenvalue weighted by Gasteiger charge is -2.31. The molecule has 0 radical (unpaired) electrons. The Morgan fingerprint density at radius 3 is 2.50 bits per heavy atom. The van der Waals surface area contributed by atoms with E-state index in [1.54, 1.807) is 18.2 Å². The average molecular weight is 318 g/mol. The maximum absolute atomic E-state index is 13.0. The number of carbonyl (C=O) groups is 1. The number of nitrogens with zero attached hydrogens (tertiary/aromatic N) is 1. The number of hydrogen-bond acceptors (Lipinski definition) is 1. The zero-order valence-corrected chi connectivity index (χ0v) is 11.6. The van der Waals surface area contributed by atoms with Gasteiger partial charge in [0.05, 0.1) is 0 Å². The SMILES string of the molecule is Cc1cc(C(=O)N2CCC(F)(F)CC2)ccc1Br. The summed E-state index contributed by atoms with van der Waals surface area (Å²) >= 11 is 3.37. The van der Waals surface area contributed by atoms with Crippen LogP contribution in [0.1, 0.15) is 28.8 Å². The predicted octanol–water partition coefficient (Wildman–Crippen LogP) is 3.63. The number of benzene rings is 1. The summed E-state index contributed by atoms with van der Waals surface area (Å²) in [6.45, 7) is 2.15. The fourth-order valence-corrected chi connectivity index (χ4v) is 2.24. The molecular weight excluding hydrogens is 304 g/mol. The molecule has 0 saturated carbocycles. The molecular formula is C13H14BrF2NO. The van der Waals surface area contributed by atoms with Gasteiger partial charge in [-0.05, 0) is 30.7 Å². The van der Waals surface area contributed by atoms with E-state index < -0.39 is 5.92 Å². The molecule has 18 heavy (non-hydrogen) atoms. The number of alkyl halides is 2. The van der Waals surface area contributed by atoms with Crippen molar-refractivity contribution in [2.75, 3.05) is 13.1 Å². The van der Waals surface area contributed by atoms with Gasteiger partial charge in [-0.25, -0.2) is 8.78 Å². The highest BCUT2D eigenvalue weighted by atomic mass is 79.9. The quantitative estimate of drug-likeness (QED) is 0.774. The van der Waals surface area contributed by atoms with Crippen LogP contribution in [0.5, 0.6) is 0 Å². The van der Waals surface area contributed by atoms with Gasteiger partial charge in [0.15, 0.2) is 0 Å². The van der Waals surface area contributed by atoms with Crippen LogP contribution in [0.25, 0.3) is 0 Å². The van der Waals surface area contributed by atoms with Crippen molar-refractivity contribution in [3.05, 3.63) is 33.8 Å². The molecule has 1 heterocycles. The molecule has 0 aromatic heterocycles. The van der Waals surface area contributed by atoms with E-state index in [4.69, 9.17) is 0 Å². The molecule has 1 saturated heterocycles. The van der Waals surface area contributed by atoms with Gasteiger partial charge < -0.3 is 4.90 Å². The molecule has 1 aromatic rings. The number of piperidine rings is 1. The molecule has 0 aliphatic carbocycles. The van der Waals surface area contributed by atoms with Crippen LogP contribution >= 0.6 is 15.9 Å². The first kappa shape index (κ1) is 13.5. The monoisotopic (exact) mass is 317 g/mol. The second-order valence-corrected chi connectivity index (χ2v) is 5.47. The molecule has 5 heteroatoms. The first-order chi connectivity index (χ1) is 8.39. The highest BCUT2D eigenvalue weighted by Gasteiger charge is 2.35. The van der Waals surface area contributed by atoms with Gasteiger partial charge in [0.1, 0.15) is 0 Å². The van der Waals surface area contributed by atoms with Crippen LogP contribution < -0.4 is 0 Å². The summed E-state index contributed by atoms with van der Waals surface area (Å²) in [6.07, 6.45) is -0.484. The van der Waals surface area contributed by atoms with E-state index in [1.165, 1.54) is 4.90 Å². The molecule has 0 spiro atoms. The van der Waals surface area contributed by atoms with Crippen LogP contribution in [0.2, 0.25) is 0 Å². The van der Waals surface area contributed by atoms with Crippen LogP contribution in [0.15, 0.2) is 22.7 Å². The topological polar surface area (TPSA) is 20.3 Å². The molecule has 0 bridgehead atoms. The van der Waals surface area contributed by atoms with E-state index in [1.807, 2.05) is 6.92 Å². The fraction of sp³-hybridized carbons (Fsp3) is 0.462. The third-order valence-electron chi connectivity index (χ3n) is 3.19. The van der Waals surface area contributed by atoms with Crippen molar-refractivity contribution in [3.8, 4) is 0 Å². The number of carbonyl (C=O) groups excluding carboxylic acids is 1. The van der Waals surface area contributed by atoms with Crippen molar-refractivity contribution in [1.82, 2.24) is 4.90 Å². The number of rotatable bonds is 1. The zero-order chi connectivity index (χ0) is 13.3. The Morgan fingerprint density at radius 1 is 1.33 bits per heavy atom. The normalized spacial score (nSPS) is 18.8. The number of halogens is 3. The van der Waals surface area contributed by atoms with Crippen LogP contribution in [0, 0.1) is 6.92 Å². The Kier molecular flexibility index (Phi) is 3.71. The summed E-state index contributed by atoms with van der Waals surface area (Å²) < 4.78 is 27.0. The summed E-state index contributed by atoms with van der Waals surface area (Å²) in [7, 11) is 0. The average Bonchev–Trinajstić information content (AvgIpc) is 2.32. The van der Waals surface area contributed by atoms with Crippen molar-refractivity contribution in [2.24, 2.45) is 0 Å². The van der Waals surface area contributed by atoms with Crippen LogP contribution in [0.4, 0.5) is 8.78 Å². The fourth-order valence-electron chi connectivity index (χ4n) is 2.00. The molecule has 0 N–H and O–H groups in total. The van der Waals surface area contributed by atoms with E-state index in [2.05, 4.69) is 15.9 Å². The summed E-state index contributed by atoms with van der Waals surface area (Å²) in [5.74, 6) is -2.78. The van der Waals surface area contributed by atoms with Crippen molar-refractivity contribution in [3.63, 3.8) is 0 Å². The molecule has 2 nitrogen and oxygen atoms in total. The number of amides is 1. The van der Waals surface area contributed by atoms with Gasteiger partial charge in [0, 0.05) is 36.0 Å². The number of likely N-dealkylation sites (tertiary alicyclic amines) is 1. The standard InChI is InChI=1S/C13H14BrF2NO/c1-9-8-10(2-3-11(9)14)12(18)17-6-4-13(15,16)5-7-17/h2-3,8H,4-7H2,1H3. The van der Waals surface area contributed by atoms with Gasteiger partial charge in [0.2, 0.25) is 0 Å². The Labute approximate surface area is 113 Å². The lowest BCUT2D eigenvalue weighted by Crippen LogP contribution is -2.42. The van der Waals surface area contributed by atoms with Gasteiger partial charge in [-0.3, -0.25) is 4.79 Å². The minimum Gasteiger partial charge on any atom is -0.338 e. The van der Waals surface area contributed by atoms with Gasteiger partial charge in [-0.15, -0.1) is 0 Å². The maximum atomic E-state index is 13.0. The van der Waals surface area contributed by atoms with Gasteiger partial charge in [-0.1, -0.05) is 15.9 Å². The van der Waals surface area contributed by atoms with E-state index in [0.29, 0.717) is 5.56 Å². The first-order valence-corrected chi connectivity index (χ1v) is 6.62. The Morgan fingerprint density at radius 2 is 1.94 bits per heavy atom. The third kappa shape index (κ3) is 2.88. The molecule has 1 aliphatic rings. The van der Waals surface area contributed by atoms with Crippen molar-refractivity contribution in [1.29, 1.82) is 0 Å². The highest BCUT2D eigenvalue weighted by Crippen LogP contribution is 2.28. The van der Waals surface area contributed by atoms with E-state index in [9.17, 15) is 13.6 Å². The van der Waals surface area contributed by atoms with Gasteiger partial charge in [-0.2, -0.15) is 0 Å². The Balaban J connectivity index is 2.10. The van der Waals surface area contributed by atoms with E-state index >= 15 is 0 Å². The molecule has 1 amide bonds. The zero-order valence-electron chi connectivity index (χ0n) is 10.0. The summed E-state index contributed by atoms with van der Waals surface area (Å²) in [5, 5.41) is 0. The van der Waals surface area contributed by atoms with E-state index in [0.717, 1.165) is 10.0 Å². The van der Waals surface area contributed by atoms with Crippen molar-refractivity contribution < 1.29 is 13.6 Å². The molecule has 98 valence electrons. The second-order valence-electron chi connectivity index (χ2n) is 4.61. The van der Waals surface area contributed by atoms with E-state index in [-0.39, 0.29) is 31.8 Å². The maximum Gasteiger partial charge on any atom is 0.253 e. The van der Waals surface area contributed by atoms with Gasteiger partial charge >= 0.3 is 0 Å². The van der Waals surface area contributed by atoms with Crippen molar-refractivity contribution >= 4 is 21.8 Å². The molecule has 2 rings (SSSR count). The molecule has 1 fully saturated rings. The minimum absolute atomic E-state index is 0.126. The molecule has 0 atom stereocenters. The van der Waals surface area contributed by atoms with Gasteiger partial charge in [0.25, 0.3) is 11.8 Å². The molecule has 1 aliphatic heterocycles. The summed E-state index contributed by atoms with van der Waals surface area (Å²) in [6, 6.07) is 5.30. The minimum atomic E-state index is -2.62. The molecule has 1 aromatic carbocycles. The number of hydrogen-bond donors (Lipinski definition) is 0. The largest absolute Gasteiger partial charge is 0.338 e. The predicted molar refractivity (Wildman–Crippen MR) is 69.0 cm³/mol. The summed E-state index contributed by atoms with van der Waals surface area (Å²) in [4.78, 5) is 13.6. The third-order valence-corrected chi connectivity index (χ3v) is 4.08. The van der Waals surface area contributed by atoms with Crippen LogP contribution in [-0.2, 0) is 0 Å². The highest BCUT2D eigenvalue weighted by molar-refractivity contribution is 9.10. The van der Waals surface area contributed by atoms with Crippen LogP contribution in [-0.4, -0.2) is 29.8 Å². The lowest BCUT2D eigenvalue weighted by molar-refractivity contribution is -0.0494. The molecule has 0 unspecified atom stereocenters. The lowest BCUT2D eigenvalue weighted by atomic mass is 10.0. The Bertz CT molecular complexity index is 466. The smallest absolute Gasteiger partial charge is 0.253 e. The first-order valence-electron chi connectivity index (χ1n) is 5.82.